The minimum atomic E-state index is -0.784. The van der Waals surface area contributed by atoms with E-state index in [0.717, 1.165) is 16.9 Å². The van der Waals surface area contributed by atoms with Gasteiger partial charge < -0.3 is 9.52 Å². The molecular weight excluding hydrogens is 267 g/mol. The molecule has 0 amide bonds. The Morgan fingerprint density at radius 1 is 1.26 bits per heavy atom. The molecule has 0 bridgehead atoms. The van der Waals surface area contributed by atoms with E-state index in [0.29, 0.717) is 16.3 Å². The lowest BCUT2D eigenvalue weighted by atomic mass is 9.98. The second kappa shape index (κ2) is 5.35. The summed E-state index contributed by atoms with van der Waals surface area (Å²) < 4.78 is 19.2. The molecule has 4 heteroatoms. The van der Waals surface area contributed by atoms with Crippen molar-refractivity contribution >= 4 is 11.6 Å². The molecule has 2 nitrogen and oxygen atoms in total. The highest BCUT2D eigenvalue weighted by molar-refractivity contribution is 6.30. The van der Waals surface area contributed by atoms with E-state index in [1.165, 1.54) is 6.07 Å². The van der Waals surface area contributed by atoms with Gasteiger partial charge in [-0.2, -0.15) is 0 Å². The van der Waals surface area contributed by atoms with Crippen LogP contribution in [0.15, 0.2) is 22.6 Å². The first-order valence-electron chi connectivity index (χ1n) is 6.08. The van der Waals surface area contributed by atoms with E-state index in [-0.39, 0.29) is 6.42 Å². The van der Waals surface area contributed by atoms with E-state index in [1.54, 1.807) is 19.1 Å². The van der Waals surface area contributed by atoms with Crippen molar-refractivity contribution in [2.75, 3.05) is 0 Å². The zero-order chi connectivity index (χ0) is 14.2. The molecule has 1 N–H and O–H groups in total. The van der Waals surface area contributed by atoms with Crippen molar-refractivity contribution in [3.05, 3.63) is 57.2 Å². The molecule has 0 fully saturated rings. The van der Waals surface area contributed by atoms with Crippen molar-refractivity contribution in [2.45, 2.75) is 33.3 Å². The Hall–Kier alpha value is -1.32. The molecule has 102 valence electrons. The van der Waals surface area contributed by atoms with Gasteiger partial charge in [0, 0.05) is 17.0 Å². The zero-order valence-corrected chi connectivity index (χ0v) is 11.9. The lowest BCUT2D eigenvalue weighted by molar-refractivity contribution is 0.174. The molecule has 1 atom stereocenters. The van der Waals surface area contributed by atoms with Crippen molar-refractivity contribution in [1.29, 1.82) is 0 Å². The average Bonchev–Trinajstić information content (AvgIpc) is 2.57. The third-order valence-corrected chi connectivity index (χ3v) is 3.61. The lowest BCUT2D eigenvalue weighted by Gasteiger charge is -2.12. The quantitative estimate of drug-likeness (QED) is 0.912. The molecule has 1 aromatic heterocycles. The van der Waals surface area contributed by atoms with Crippen molar-refractivity contribution in [3.8, 4) is 0 Å². The smallest absolute Gasteiger partial charge is 0.127 e. The molecule has 1 heterocycles. The summed E-state index contributed by atoms with van der Waals surface area (Å²) >= 11 is 5.71. The van der Waals surface area contributed by atoms with Crippen molar-refractivity contribution in [3.63, 3.8) is 0 Å². The molecule has 0 spiro atoms. The maximum absolute atomic E-state index is 13.7. The van der Waals surface area contributed by atoms with Crippen LogP contribution in [0.4, 0.5) is 4.39 Å². The second-order valence-electron chi connectivity index (χ2n) is 4.71. The number of rotatable bonds is 3. The number of halogens is 2. The molecule has 19 heavy (non-hydrogen) atoms. The van der Waals surface area contributed by atoms with Crippen LogP contribution < -0.4 is 0 Å². The Balaban J connectivity index is 2.28. The number of aryl methyl sites for hydroxylation is 2. The third kappa shape index (κ3) is 2.82. The summed E-state index contributed by atoms with van der Waals surface area (Å²) in [5.74, 6) is 1.06. The highest BCUT2D eigenvalue weighted by Crippen LogP contribution is 2.30. The van der Waals surface area contributed by atoms with E-state index < -0.39 is 11.9 Å². The molecular formula is C15H16ClFO2. The molecule has 0 aliphatic heterocycles. The summed E-state index contributed by atoms with van der Waals surface area (Å²) in [6.07, 6.45) is -0.586. The van der Waals surface area contributed by atoms with Crippen LogP contribution in [0.2, 0.25) is 5.02 Å². The van der Waals surface area contributed by atoms with E-state index in [4.69, 9.17) is 16.0 Å². The fourth-order valence-electron chi connectivity index (χ4n) is 2.30. The van der Waals surface area contributed by atoms with Crippen LogP contribution in [0.5, 0.6) is 0 Å². The van der Waals surface area contributed by atoms with Crippen LogP contribution in [0.25, 0.3) is 0 Å². The van der Waals surface area contributed by atoms with Gasteiger partial charge in [0.05, 0.1) is 6.10 Å². The molecule has 0 saturated heterocycles. The van der Waals surface area contributed by atoms with Crippen LogP contribution in [0.1, 0.15) is 34.3 Å². The monoisotopic (exact) mass is 282 g/mol. The van der Waals surface area contributed by atoms with Gasteiger partial charge >= 0.3 is 0 Å². The minimum Gasteiger partial charge on any atom is -0.466 e. The number of hydrogen-bond acceptors (Lipinski definition) is 2. The lowest BCUT2D eigenvalue weighted by Crippen LogP contribution is -2.05. The minimum absolute atomic E-state index is 0.198. The molecule has 2 rings (SSSR count). The van der Waals surface area contributed by atoms with E-state index >= 15 is 0 Å². The fourth-order valence-corrected chi connectivity index (χ4v) is 2.46. The van der Waals surface area contributed by atoms with E-state index in [2.05, 4.69) is 0 Å². The molecule has 1 unspecified atom stereocenters. The SMILES string of the molecule is Cc1oc(C)c(C(O)Cc2ccc(Cl)cc2F)c1C. The summed E-state index contributed by atoms with van der Waals surface area (Å²) in [5, 5.41) is 10.6. The van der Waals surface area contributed by atoms with Gasteiger partial charge in [-0.3, -0.25) is 0 Å². The van der Waals surface area contributed by atoms with Crippen molar-refractivity contribution in [1.82, 2.24) is 0 Å². The topological polar surface area (TPSA) is 33.4 Å². The average molecular weight is 283 g/mol. The molecule has 2 aromatic rings. The molecule has 0 aliphatic carbocycles. The number of benzene rings is 1. The molecule has 1 aromatic carbocycles. The highest BCUT2D eigenvalue weighted by atomic mass is 35.5. The van der Waals surface area contributed by atoms with Crippen LogP contribution in [-0.4, -0.2) is 5.11 Å². The van der Waals surface area contributed by atoms with Crippen LogP contribution in [-0.2, 0) is 6.42 Å². The van der Waals surface area contributed by atoms with Crippen molar-refractivity contribution < 1.29 is 13.9 Å². The first kappa shape index (κ1) is 14.1. The zero-order valence-electron chi connectivity index (χ0n) is 11.1. The summed E-state index contributed by atoms with van der Waals surface area (Å²) in [6, 6.07) is 4.47. The van der Waals surface area contributed by atoms with E-state index in [9.17, 15) is 9.50 Å². The van der Waals surface area contributed by atoms with Gasteiger partial charge in [0.1, 0.15) is 17.3 Å². The number of furan rings is 1. The Morgan fingerprint density at radius 2 is 1.95 bits per heavy atom. The van der Waals surface area contributed by atoms with Crippen LogP contribution in [0.3, 0.4) is 0 Å². The molecule has 0 saturated carbocycles. The number of aliphatic hydroxyl groups is 1. The standard InChI is InChI=1S/C15H16ClFO2/c1-8-9(2)19-10(3)15(8)14(18)6-11-4-5-12(16)7-13(11)17/h4-5,7,14,18H,6H2,1-3H3. The van der Waals surface area contributed by atoms with Gasteiger partial charge in [-0.15, -0.1) is 0 Å². The molecule has 0 aliphatic rings. The van der Waals surface area contributed by atoms with Crippen molar-refractivity contribution in [2.24, 2.45) is 0 Å². The summed E-state index contributed by atoms with van der Waals surface area (Å²) in [6.45, 7) is 5.54. The van der Waals surface area contributed by atoms with Crippen LogP contribution >= 0.6 is 11.6 Å². The third-order valence-electron chi connectivity index (χ3n) is 3.38. The maximum Gasteiger partial charge on any atom is 0.127 e. The molecule has 0 radical (unpaired) electrons. The van der Waals surface area contributed by atoms with E-state index in [1.807, 2.05) is 13.8 Å². The largest absolute Gasteiger partial charge is 0.466 e. The predicted octanol–water partition coefficient (Wildman–Crippen LogP) is 4.27. The van der Waals surface area contributed by atoms with Gasteiger partial charge in [-0.1, -0.05) is 17.7 Å². The highest BCUT2D eigenvalue weighted by Gasteiger charge is 2.20. The summed E-state index contributed by atoms with van der Waals surface area (Å²) in [7, 11) is 0. The maximum atomic E-state index is 13.7. The first-order chi connectivity index (χ1) is 8.90. The summed E-state index contributed by atoms with van der Waals surface area (Å²) in [4.78, 5) is 0. The fraction of sp³-hybridized carbons (Fsp3) is 0.333. The normalized spacial score (nSPS) is 12.7. The van der Waals surface area contributed by atoms with Crippen LogP contribution in [0, 0.1) is 26.6 Å². The van der Waals surface area contributed by atoms with Gasteiger partial charge in [-0.05, 0) is 44.0 Å². The Labute approximate surface area is 116 Å². The Kier molecular flexibility index (Phi) is 3.97. The first-order valence-corrected chi connectivity index (χ1v) is 6.46. The Morgan fingerprint density at radius 3 is 2.47 bits per heavy atom. The second-order valence-corrected chi connectivity index (χ2v) is 5.15. The van der Waals surface area contributed by atoms with Gasteiger partial charge in [-0.25, -0.2) is 4.39 Å². The number of aliphatic hydroxyl groups excluding tert-OH is 1. The van der Waals surface area contributed by atoms with Gasteiger partial charge in [0.25, 0.3) is 0 Å². The van der Waals surface area contributed by atoms with Gasteiger partial charge in [0.15, 0.2) is 0 Å². The Bertz CT molecular complexity index is 604. The predicted molar refractivity (Wildman–Crippen MR) is 73.0 cm³/mol. The summed E-state index contributed by atoms with van der Waals surface area (Å²) in [5.41, 5.74) is 2.10. The number of hydrogen-bond donors (Lipinski definition) is 1. The van der Waals surface area contributed by atoms with Gasteiger partial charge in [0.2, 0.25) is 0 Å².